The Morgan fingerprint density at radius 1 is 1.24 bits per heavy atom. The molecule has 90 valence electrons. The highest BCUT2D eigenvalue weighted by Crippen LogP contribution is 2.11. The van der Waals surface area contributed by atoms with Crippen molar-refractivity contribution in [1.82, 2.24) is 15.0 Å². The van der Waals surface area contributed by atoms with Crippen LogP contribution in [0.5, 0.6) is 0 Å². The zero-order valence-electron chi connectivity index (χ0n) is 9.93. The molecule has 17 heavy (non-hydrogen) atoms. The number of aryl methyl sites for hydroxylation is 1. The van der Waals surface area contributed by atoms with Crippen LogP contribution >= 0.6 is 15.9 Å². The zero-order valence-corrected chi connectivity index (χ0v) is 11.5. The molecule has 0 fully saturated rings. The van der Waals surface area contributed by atoms with Crippen LogP contribution in [0, 0.1) is 0 Å². The summed E-state index contributed by atoms with van der Waals surface area (Å²) in [6.07, 6.45) is 5.44. The average molecular weight is 294 g/mol. The van der Waals surface area contributed by atoms with Crippen molar-refractivity contribution in [2.45, 2.75) is 32.7 Å². The van der Waals surface area contributed by atoms with E-state index < -0.39 is 0 Å². The van der Waals surface area contributed by atoms with Crippen LogP contribution < -0.4 is 0 Å². The molecule has 0 amide bonds. The Kier molecular flexibility index (Phi) is 4.31. The van der Waals surface area contributed by atoms with Crippen molar-refractivity contribution in [2.24, 2.45) is 0 Å². The maximum absolute atomic E-state index is 4.17. The van der Waals surface area contributed by atoms with Gasteiger partial charge in [-0.25, -0.2) is 4.68 Å². The first-order valence-electron chi connectivity index (χ1n) is 5.91. The van der Waals surface area contributed by atoms with Gasteiger partial charge in [-0.2, -0.15) is 0 Å². The molecule has 0 aliphatic rings. The van der Waals surface area contributed by atoms with E-state index in [1.165, 1.54) is 18.4 Å². The molecule has 0 atom stereocenters. The molecule has 0 aliphatic heterocycles. The van der Waals surface area contributed by atoms with E-state index in [9.17, 15) is 0 Å². The summed E-state index contributed by atoms with van der Waals surface area (Å²) in [6.45, 7) is 2.97. The molecule has 1 aromatic carbocycles. The fraction of sp³-hybridized carbons (Fsp3) is 0.385. The zero-order chi connectivity index (χ0) is 12.1. The third-order valence-corrected chi connectivity index (χ3v) is 3.16. The van der Waals surface area contributed by atoms with Crippen molar-refractivity contribution < 1.29 is 0 Å². The summed E-state index contributed by atoms with van der Waals surface area (Å²) in [4.78, 5) is 0. The standard InChI is InChI=1S/C13H16BrN3/c1-2-3-4-13-10-17(16-15-13)9-11-5-7-12(14)8-6-11/h5-8,10H,2-4,9H2,1H3. The molecular weight excluding hydrogens is 278 g/mol. The Bertz CT molecular complexity index is 462. The van der Waals surface area contributed by atoms with Gasteiger partial charge in [-0.05, 0) is 30.5 Å². The molecule has 0 aliphatic carbocycles. The van der Waals surface area contributed by atoms with E-state index in [-0.39, 0.29) is 0 Å². The predicted molar refractivity (Wildman–Crippen MR) is 71.9 cm³/mol. The number of hydrogen-bond donors (Lipinski definition) is 0. The quantitative estimate of drug-likeness (QED) is 0.846. The Morgan fingerprint density at radius 3 is 2.71 bits per heavy atom. The molecule has 0 unspecified atom stereocenters. The van der Waals surface area contributed by atoms with E-state index >= 15 is 0 Å². The lowest BCUT2D eigenvalue weighted by molar-refractivity contribution is 0.649. The highest BCUT2D eigenvalue weighted by molar-refractivity contribution is 9.10. The monoisotopic (exact) mass is 293 g/mol. The maximum atomic E-state index is 4.17. The van der Waals surface area contributed by atoms with Crippen LogP contribution in [0.4, 0.5) is 0 Å². The molecule has 1 heterocycles. The van der Waals surface area contributed by atoms with Gasteiger partial charge in [0.15, 0.2) is 0 Å². The van der Waals surface area contributed by atoms with Crippen molar-refractivity contribution in [3.63, 3.8) is 0 Å². The number of nitrogens with zero attached hydrogens (tertiary/aromatic N) is 3. The molecule has 3 nitrogen and oxygen atoms in total. The summed E-state index contributed by atoms with van der Waals surface area (Å²) in [5.74, 6) is 0. The van der Waals surface area contributed by atoms with Crippen molar-refractivity contribution >= 4 is 15.9 Å². The fourth-order valence-electron chi connectivity index (χ4n) is 1.67. The Morgan fingerprint density at radius 2 is 2.00 bits per heavy atom. The van der Waals surface area contributed by atoms with Crippen molar-refractivity contribution in [2.75, 3.05) is 0 Å². The summed E-state index contributed by atoms with van der Waals surface area (Å²) < 4.78 is 3.00. The van der Waals surface area contributed by atoms with Gasteiger partial charge in [-0.3, -0.25) is 0 Å². The maximum Gasteiger partial charge on any atom is 0.0827 e. The van der Waals surface area contributed by atoms with Gasteiger partial charge in [0.1, 0.15) is 0 Å². The van der Waals surface area contributed by atoms with Crippen LogP contribution in [0.25, 0.3) is 0 Å². The van der Waals surface area contributed by atoms with Crippen molar-refractivity contribution in [3.05, 3.63) is 46.2 Å². The smallest absolute Gasteiger partial charge is 0.0827 e. The normalized spacial score (nSPS) is 10.7. The number of halogens is 1. The van der Waals surface area contributed by atoms with Crippen LogP contribution in [-0.2, 0) is 13.0 Å². The third kappa shape index (κ3) is 3.66. The molecule has 0 radical (unpaired) electrons. The number of hydrogen-bond acceptors (Lipinski definition) is 2. The summed E-state index contributed by atoms with van der Waals surface area (Å²) in [5.41, 5.74) is 2.32. The molecule has 0 N–H and O–H groups in total. The summed E-state index contributed by atoms with van der Waals surface area (Å²) >= 11 is 3.43. The molecule has 0 saturated carbocycles. The summed E-state index contributed by atoms with van der Waals surface area (Å²) in [5, 5.41) is 8.31. The molecule has 0 spiro atoms. The second-order valence-electron chi connectivity index (χ2n) is 4.14. The average Bonchev–Trinajstić information content (AvgIpc) is 2.77. The van der Waals surface area contributed by atoms with Crippen molar-refractivity contribution in [1.29, 1.82) is 0 Å². The first kappa shape index (κ1) is 12.3. The Hall–Kier alpha value is -1.16. The first-order valence-corrected chi connectivity index (χ1v) is 6.70. The largest absolute Gasteiger partial charge is 0.248 e. The molecular formula is C13H16BrN3. The lowest BCUT2D eigenvalue weighted by atomic mass is 10.2. The van der Waals surface area contributed by atoms with Gasteiger partial charge in [-0.1, -0.05) is 46.6 Å². The van der Waals surface area contributed by atoms with E-state index in [0.29, 0.717) is 0 Å². The highest BCUT2D eigenvalue weighted by Gasteiger charge is 2.01. The minimum Gasteiger partial charge on any atom is -0.248 e. The lowest BCUT2D eigenvalue weighted by Crippen LogP contribution is -1.99. The van der Waals surface area contributed by atoms with Crippen LogP contribution in [0.3, 0.4) is 0 Å². The molecule has 0 bridgehead atoms. The van der Waals surface area contributed by atoms with E-state index in [2.05, 4.69) is 45.3 Å². The van der Waals surface area contributed by atoms with Crippen LogP contribution in [-0.4, -0.2) is 15.0 Å². The second kappa shape index (κ2) is 5.96. The number of unbranched alkanes of at least 4 members (excludes halogenated alkanes) is 1. The summed E-state index contributed by atoms with van der Waals surface area (Å²) in [6, 6.07) is 8.28. The minimum atomic E-state index is 0.784. The van der Waals surface area contributed by atoms with Crippen molar-refractivity contribution in [3.8, 4) is 0 Å². The number of aromatic nitrogens is 3. The highest BCUT2D eigenvalue weighted by atomic mass is 79.9. The third-order valence-electron chi connectivity index (χ3n) is 2.63. The Balaban J connectivity index is 1.98. The van der Waals surface area contributed by atoms with Gasteiger partial charge in [0, 0.05) is 10.7 Å². The van der Waals surface area contributed by atoms with E-state index in [1.807, 2.05) is 23.0 Å². The second-order valence-corrected chi connectivity index (χ2v) is 5.05. The van der Waals surface area contributed by atoms with Crippen LogP contribution in [0.1, 0.15) is 31.0 Å². The predicted octanol–water partition coefficient (Wildman–Crippen LogP) is 3.43. The lowest BCUT2D eigenvalue weighted by Gasteiger charge is -2.00. The van der Waals surface area contributed by atoms with E-state index in [1.54, 1.807) is 0 Å². The van der Waals surface area contributed by atoms with E-state index in [4.69, 9.17) is 0 Å². The van der Waals surface area contributed by atoms with Gasteiger partial charge in [0.25, 0.3) is 0 Å². The SMILES string of the molecule is CCCCc1cn(Cc2ccc(Br)cc2)nn1. The topological polar surface area (TPSA) is 30.7 Å². The number of rotatable bonds is 5. The van der Waals surface area contributed by atoms with Gasteiger partial charge in [0.05, 0.1) is 12.2 Å². The molecule has 0 saturated heterocycles. The summed E-state index contributed by atoms with van der Waals surface area (Å²) in [7, 11) is 0. The minimum absolute atomic E-state index is 0.784. The first-order chi connectivity index (χ1) is 8.28. The Labute approximate surface area is 110 Å². The van der Waals surface area contributed by atoms with Gasteiger partial charge >= 0.3 is 0 Å². The van der Waals surface area contributed by atoms with Gasteiger partial charge in [0.2, 0.25) is 0 Å². The molecule has 1 aromatic heterocycles. The number of benzene rings is 1. The molecule has 2 aromatic rings. The van der Waals surface area contributed by atoms with Gasteiger partial charge < -0.3 is 0 Å². The van der Waals surface area contributed by atoms with E-state index in [0.717, 1.165) is 23.1 Å². The van der Waals surface area contributed by atoms with Crippen LogP contribution in [0.15, 0.2) is 34.9 Å². The van der Waals surface area contributed by atoms with Crippen LogP contribution in [0.2, 0.25) is 0 Å². The fourth-order valence-corrected chi connectivity index (χ4v) is 1.93. The molecule has 4 heteroatoms. The molecule has 2 rings (SSSR count). The van der Waals surface area contributed by atoms with Gasteiger partial charge in [-0.15, -0.1) is 5.10 Å².